The molecule has 4 aliphatic carbocycles. The van der Waals surface area contributed by atoms with Crippen LogP contribution in [0.3, 0.4) is 0 Å². The van der Waals surface area contributed by atoms with Gasteiger partial charge in [0.25, 0.3) is 0 Å². The summed E-state index contributed by atoms with van der Waals surface area (Å²) in [5.41, 5.74) is 2.96. The lowest BCUT2D eigenvalue weighted by Crippen LogP contribution is -2.37. The molecular formula is C30H46O3. The number of allylic oxidation sites excluding steroid dienone is 4. The van der Waals surface area contributed by atoms with Crippen molar-refractivity contribution in [3.8, 4) is 0 Å². The molecule has 0 aromatic heterocycles. The maximum Gasteiger partial charge on any atom is 0.0878 e. The van der Waals surface area contributed by atoms with Gasteiger partial charge in [0.2, 0.25) is 0 Å². The molecular weight excluding hydrogens is 408 g/mol. The molecule has 4 fully saturated rings. The van der Waals surface area contributed by atoms with Crippen LogP contribution in [0.15, 0.2) is 47.6 Å². The van der Waals surface area contributed by atoms with Crippen LogP contribution < -0.4 is 0 Å². The molecule has 0 aromatic carbocycles. The third kappa shape index (κ3) is 4.83. The fourth-order valence-electron chi connectivity index (χ4n) is 7.39. The average Bonchev–Trinajstić information content (AvgIpc) is 3.55. The summed E-state index contributed by atoms with van der Waals surface area (Å²) in [6, 6.07) is 0. The smallest absolute Gasteiger partial charge is 0.0878 e. The molecule has 2 unspecified atom stereocenters. The molecule has 3 N–H and O–H groups in total. The highest BCUT2D eigenvalue weighted by Gasteiger charge is 2.50. The van der Waals surface area contributed by atoms with Gasteiger partial charge in [-0.2, -0.15) is 0 Å². The zero-order valence-electron chi connectivity index (χ0n) is 21.3. The van der Waals surface area contributed by atoms with Crippen molar-refractivity contribution in [3.63, 3.8) is 0 Å². The van der Waals surface area contributed by atoms with Gasteiger partial charge in [0.15, 0.2) is 0 Å². The summed E-state index contributed by atoms with van der Waals surface area (Å²) in [6.07, 6.45) is 17.2. The molecule has 0 aromatic rings. The largest absolute Gasteiger partial charge is 0.393 e. The number of aliphatic hydroxyl groups is 3. The van der Waals surface area contributed by atoms with Gasteiger partial charge in [-0.25, -0.2) is 0 Å². The quantitative estimate of drug-likeness (QED) is 0.424. The van der Waals surface area contributed by atoms with Gasteiger partial charge < -0.3 is 15.3 Å². The molecule has 0 bridgehead atoms. The van der Waals surface area contributed by atoms with Crippen LogP contribution in [0.5, 0.6) is 0 Å². The fraction of sp³-hybridized carbons (Fsp3) is 0.733. The second-order valence-corrected chi connectivity index (χ2v) is 12.2. The molecule has 7 atom stereocenters. The first-order valence-corrected chi connectivity index (χ1v) is 13.4. The molecule has 0 heterocycles. The number of rotatable bonds is 6. The van der Waals surface area contributed by atoms with Crippen LogP contribution in [-0.4, -0.2) is 33.1 Å². The first kappa shape index (κ1) is 24.9. The highest BCUT2D eigenvalue weighted by atomic mass is 16.3. The predicted octanol–water partition coefficient (Wildman–Crippen LogP) is 6.12. The van der Waals surface area contributed by atoms with Gasteiger partial charge in [-0.05, 0) is 97.5 Å². The van der Waals surface area contributed by atoms with Crippen molar-refractivity contribution in [2.24, 2.45) is 35.0 Å². The van der Waals surface area contributed by atoms with Crippen LogP contribution in [0.1, 0.15) is 85.5 Å². The van der Waals surface area contributed by atoms with E-state index in [1.807, 2.05) is 0 Å². The van der Waals surface area contributed by atoms with E-state index >= 15 is 0 Å². The van der Waals surface area contributed by atoms with Crippen molar-refractivity contribution >= 4 is 0 Å². The molecule has 0 amide bonds. The lowest BCUT2D eigenvalue weighted by molar-refractivity contribution is 0.0202. The number of aliphatic hydroxyl groups excluding tert-OH is 2. The summed E-state index contributed by atoms with van der Waals surface area (Å²) in [6.45, 7) is 13.2. The van der Waals surface area contributed by atoms with Gasteiger partial charge in [-0.1, -0.05) is 64.2 Å². The minimum atomic E-state index is -0.644. The summed E-state index contributed by atoms with van der Waals surface area (Å²) >= 11 is 0. The molecule has 3 nitrogen and oxygen atoms in total. The third-order valence-electron chi connectivity index (χ3n) is 9.76. The summed E-state index contributed by atoms with van der Waals surface area (Å²) < 4.78 is 0. The Bertz CT molecular complexity index is 827. The SMILES string of the molecule is C=C1/C(=C\C=C2/CCC[C@]3(C)[C@@H]([C@H](C)/C=C\C(O)(C(C)C)C4CC4)CC[C@@H]23)C[C@@H](O)CC1O. The monoisotopic (exact) mass is 454 g/mol. The second kappa shape index (κ2) is 9.47. The van der Waals surface area contributed by atoms with E-state index in [1.165, 1.54) is 31.3 Å². The van der Waals surface area contributed by atoms with Gasteiger partial charge in [0.05, 0.1) is 17.8 Å². The lowest BCUT2D eigenvalue weighted by atomic mass is 9.61. The average molecular weight is 455 g/mol. The standard InChI is InChI=1S/C30H46O3/c1-19(2)30(33,24-10-11-24)16-14-20(3)26-12-13-27-22(7-6-15-29(26,27)5)8-9-23-17-25(31)18-28(32)21(23)4/h8-9,14,16,19-20,24-28,31-33H,4,6-7,10-13,15,17-18H2,1-3,5H3/b16-14-,22-8+,23-9-/t20-,25-,26-,27+,28?,29-,30?/m1/s1. The Hall–Kier alpha value is -1.16. The maximum absolute atomic E-state index is 11.3. The van der Waals surface area contributed by atoms with Crippen LogP contribution in [0, 0.1) is 35.0 Å². The first-order valence-electron chi connectivity index (χ1n) is 13.4. The summed E-state index contributed by atoms with van der Waals surface area (Å²) in [5, 5.41) is 31.5. The fourth-order valence-corrected chi connectivity index (χ4v) is 7.39. The molecule has 184 valence electrons. The van der Waals surface area contributed by atoms with Crippen molar-refractivity contribution in [2.45, 2.75) is 103 Å². The van der Waals surface area contributed by atoms with Crippen LogP contribution >= 0.6 is 0 Å². The highest BCUT2D eigenvalue weighted by Crippen LogP contribution is 2.59. The molecule has 3 heteroatoms. The Labute approximate surface area is 201 Å². The molecule has 0 spiro atoms. The molecule has 4 rings (SSSR count). The Balaban J connectivity index is 1.50. The predicted molar refractivity (Wildman–Crippen MR) is 136 cm³/mol. The number of hydrogen-bond donors (Lipinski definition) is 3. The highest BCUT2D eigenvalue weighted by molar-refractivity contribution is 5.38. The van der Waals surface area contributed by atoms with Gasteiger partial charge >= 0.3 is 0 Å². The van der Waals surface area contributed by atoms with E-state index in [1.54, 1.807) is 0 Å². The lowest BCUT2D eigenvalue weighted by Gasteiger charge is -2.44. The van der Waals surface area contributed by atoms with E-state index in [-0.39, 0.29) is 5.92 Å². The Morgan fingerprint density at radius 2 is 1.82 bits per heavy atom. The Morgan fingerprint density at radius 3 is 2.48 bits per heavy atom. The van der Waals surface area contributed by atoms with Crippen molar-refractivity contribution in [1.29, 1.82) is 0 Å². The van der Waals surface area contributed by atoms with E-state index in [0.717, 1.165) is 30.4 Å². The topological polar surface area (TPSA) is 60.7 Å². The molecule has 4 aliphatic rings. The van der Waals surface area contributed by atoms with Crippen LogP contribution in [0.2, 0.25) is 0 Å². The summed E-state index contributed by atoms with van der Waals surface area (Å²) in [7, 11) is 0. The van der Waals surface area contributed by atoms with E-state index in [2.05, 4.69) is 58.6 Å². The van der Waals surface area contributed by atoms with Gasteiger partial charge in [0, 0.05) is 6.42 Å². The minimum Gasteiger partial charge on any atom is -0.393 e. The molecule has 0 aliphatic heterocycles. The second-order valence-electron chi connectivity index (χ2n) is 12.2. The van der Waals surface area contributed by atoms with Gasteiger partial charge in [-0.3, -0.25) is 0 Å². The van der Waals surface area contributed by atoms with Crippen LogP contribution in [0.25, 0.3) is 0 Å². The number of fused-ring (bicyclic) bond motifs is 1. The maximum atomic E-state index is 11.3. The van der Waals surface area contributed by atoms with Crippen molar-refractivity contribution in [1.82, 2.24) is 0 Å². The van der Waals surface area contributed by atoms with E-state index in [9.17, 15) is 15.3 Å². The van der Waals surface area contributed by atoms with E-state index in [0.29, 0.717) is 41.9 Å². The Kier molecular flexibility index (Phi) is 7.16. The van der Waals surface area contributed by atoms with Gasteiger partial charge in [0.1, 0.15) is 0 Å². The summed E-state index contributed by atoms with van der Waals surface area (Å²) in [4.78, 5) is 0. The van der Waals surface area contributed by atoms with Crippen molar-refractivity contribution in [2.75, 3.05) is 0 Å². The first-order chi connectivity index (χ1) is 15.6. The third-order valence-corrected chi connectivity index (χ3v) is 9.76. The Morgan fingerprint density at radius 1 is 1.09 bits per heavy atom. The molecule has 0 radical (unpaired) electrons. The molecule has 4 saturated carbocycles. The minimum absolute atomic E-state index is 0.254. The number of hydrogen-bond acceptors (Lipinski definition) is 3. The van der Waals surface area contributed by atoms with Crippen LogP contribution in [-0.2, 0) is 0 Å². The molecule has 0 saturated heterocycles. The summed E-state index contributed by atoms with van der Waals surface area (Å²) in [5.74, 6) is 2.40. The zero-order chi connectivity index (χ0) is 24.0. The van der Waals surface area contributed by atoms with E-state index < -0.39 is 17.8 Å². The van der Waals surface area contributed by atoms with E-state index in [4.69, 9.17) is 0 Å². The van der Waals surface area contributed by atoms with Crippen LogP contribution in [0.4, 0.5) is 0 Å². The van der Waals surface area contributed by atoms with Crippen molar-refractivity contribution < 1.29 is 15.3 Å². The van der Waals surface area contributed by atoms with Gasteiger partial charge in [-0.15, -0.1) is 0 Å². The zero-order valence-corrected chi connectivity index (χ0v) is 21.3. The molecule has 33 heavy (non-hydrogen) atoms. The van der Waals surface area contributed by atoms with Crippen molar-refractivity contribution in [3.05, 3.63) is 47.6 Å². The normalized spacial score (nSPS) is 40.5.